The largest absolute Gasteiger partial charge is 0.472 e. The third-order valence-corrected chi connectivity index (χ3v) is 11.7. The lowest BCUT2D eigenvalue weighted by molar-refractivity contribution is -0.161. The maximum atomic E-state index is 12.6. The minimum absolute atomic E-state index is 0.00576. The summed E-state index contributed by atoms with van der Waals surface area (Å²) in [5.41, 5.74) is 0. The number of hydrogen-bond acceptors (Lipinski definition) is 7. The second kappa shape index (κ2) is 42.7. The van der Waals surface area contributed by atoms with Crippen LogP contribution in [0.15, 0.2) is 0 Å². The molecule has 0 spiro atoms. The van der Waals surface area contributed by atoms with Crippen molar-refractivity contribution in [3.63, 3.8) is 0 Å². The molecule has 328 valence electrons. The molecule has 0 aliphatic carbocycles. The van der Waals surface area contributed by atoms with Crippen molar-refractivity contribution in [2.45, 2.75) is 264 Å². The molecule has 9 heteroatoms. The van der Waals surface area contributed by atoms with Gasteiger partial charge in [-0.2, -0.15) is 0 Å². The number of ether oxygens (including phenoxy) is 2. The van der Waals surface area contributed by atoms with Crippen molar-refractivity contribution in [1.82, 2.24) is 0 Å². The van der Waals surface area contributed by atoms with Crippen LogP contribution < -0.4 is 0 Å². The summed E-state index contributed by atoms with van der Waals surface area (Å²) in [6, 6.07) is 0. The Bertz CT molecular complexity index is 869. The molecule has 0 rings (SSSR count). The highest BCUT2D eigenvalue weighted by molar-refractivity contribution is 7.47. The van der Waals surface area contributed by atoms with E-state index in [-0.39, 0.29) is 32.2 Å². The van der Waals surface area contributed by atoms with Crippen LogP contribution in [0.25, 0.3) is 0 Å². The summed E-state index contributed by atoms with van der Waals surface area (Å²) in [5.74, 6) is -0.779. The van der Waals surface area contributed by atoms with Gasteiger partial charge in [0.25, 0.3) is 0 Å². The molecule has 0 saturated carbocycles. The molecule has 0 aliphatic heterocycles. The summed E-state index contributed by atoms with van der Waals surface area (Å²) < 4.78 is 32.7. The van der Waals surface area contributed by atoms with Gasteiger partial charge >= 0.3 is 19.8 Å². The van der Waals surface area contributed by atoms with Crippen molar-refractivity contribution in [2.75, 3.05) is 19.8 Å². The third-order valence-electron chi connectivity index (χ3n) is 10.7. The van der Waals surface area contributed by atoms with Crippen LogP contribution in [0.4, 0.5) is 0 Å². The SMILES string of the molecule is CCCCCCCCCCCCCCCCCCCCCCCCCC(=O)OC(COC(=O)CCCCCCCCCCCCCC)COP(=O)(O)OCC. The van der Waals surface area contributed by atoms with E-state index in [1.165, 1.54) is 186 Å². The Labute approximate surface area is 340 Å². The lowest BCUT2D eigenvalue weighted by Gasteiger charge is -2.19. The summed E-state index contributed by atoms with van der Waals surface area (Å²) in [6.45, 7) is 5.52. The molecule has 0 bridgehead atoms. The van der Waals surface area contributed by atoms with Crippen LogP contribution in [0, 0.1) is 0 Å². The van der Waals surface area contributed by atoms with Gasteiger partial charge in [-0.15, -0.1) is 0 Å². The molecule has 0 radical (unpaired) electrons. The number of phosphoric ester groups is 1. The van der Waals surface area contributed by atoms with Gasteiger partial charge < -0.3 is 14.4 Å². The van der Waals surface area contributed by atoms with Crippen molar-refractivity contribution in [1.29, 1.82) is 0 Å². The third kappa shape index (κ3) is 42.5. The Morgan fingerprint density at radius 3 is 1.02 bits per heavy atom. The first-order valence-electron chi connectivity index (χ1n) is 23.8. The monoisotopic (exact) mass is 803 g/mol. The molecular weight excluding hydrogens is 711 g/mol. The van der Waals surface area contributed by atoms with Crippen molar-refractivity contribution in [2.24, 2.45) is 0 Å². The summed E-state index contributed by atoms with van der Waals surface area (Å²) in [7, 11) is -4.27. The second-order valence-corrected chi connectivity index (χ2v) is 17.6. The molecule has 2 unspecified atom stereocenters. The van der Waals surface area contributed by atoms with Gasteiger partial charge in [-0.3, -0.25) is 18.6 Å². The molecule has 0 aromatic heterocycles. The molecule has 2 atom stereocenters. The fourth-order valence-electron chi connectivity index (χ4n) is 7.16. The molecule has 0 heterocycles. The number of phosphoric acid groups is 1. The van der Waals surface area contributed by atoms with Gasteiger partial charge in [-0.1, -0.05) is 226 Å². The molecule has 0 aliphatic rings. The highest BCUT2D eigenvalue weighted by atomic mass is 31.2. The quantitative estimate of drug-likeness (QED) is 0.0368. The van der Waals surface area contributed by atoms with Crippen LogP contribution in [0.2, 0.25) is 0 Å². The molecular formula is C46H91O8P. The van der Waals surface area contributed by atoms with Crippen molar-refractivity contribution in [3.8, 4) is 0 Å². The summed E-state index contributed by atoms with van der Waals surface area (Å²) in [4.78, 5) is 34.8. The molecule has 0 aromatic rings. The van der Waals surface area contributed by atoms with Gasteiger partial charge in [0.1, 0.15) is 6.61 Å². The Balaban J connectivity index is 3.91. The second-order valence-electron chi connectivity index (χ2n) is 16.1. The van der Waals surface area contributed by atoms with Crippen molar-refractivity contribution >= 4 is 19.8 Å². The molecule has 55 heavy (non-hydrogen) atoms. The first-order chi connectivity index (χ1) is 26.8. The zero-order valence-corrected chi connectivity index (χ0v) is 37.5. The molecule has 0 saturated heterocycles. The van der Waals surface area contributed by atoms with Crippen LogP contribution in [-0.4, -0.2) is 42.8 Å². The van der Waals surface area contributed by atoms with Gasteiger partial charge in [-0.25, -0.2) is 4.57 Å². The highest BCUT2D eigenvalue weighted by Gasteiger charge is 2.25. The summed E-state index contributed by atoms with van der Waals surface area (Å²) in [6.07, 6.45) is 44.5. The maximum Gasteiger partial charge on any atom is 0.472 e. The minimum Gasteiger partial charge on any atom is -0.462 e. The van der Waals surface area contributed by atoms with Gasteiger partial charge in [0.05, 0.1) is 13.2 Å². The van der Waals surface area contributed by atoms with E-state index >= 15 is 0 Å². The minimum atomic E-state index is -4.27. The standard InChI is InChI=1S/C46H91O8P/c1-4-7-9-11-13-15-17-19-20-21-22-23-24-25-26-27-28-29-31-33-35-37-39-41-46(48)54-44(43-53-55(49,50)52-6-3)42-51-45(47)40-38-36-34-32-30-18-16-14-12-10-8-5-2/h44H,4-43H2,1-3H3,(H,49,50). The fourth-order valence-corrected chi connectivity index (χ4v) is 7.92. The van der Waals surface area contributed by atoms with E-state index in [9.17, 15) is 19.0 Å². The van der Waals surface area contributed by atoms with Crippen LogP contribution in [0.1, 0.15) is 258 Å². The summed E-state index contributed by atoms with van der Waals surface area (Å²) in [5, 5.41) is 0. The summed E-state index contributed by atoms with van der Waals surface area (Å²) >= 11 is 0. The Morgan fingerprint density at radius 1 is 0.418 bits per heavy atom. The first kappa shape index (κ1) is 54.0. The lowest BCUT2D eigenvalue weighted by Crippen LogP contribution is -2.29. The van der Waals surface area contributed by atoms with Crippen molar-refractivity contribution in [3.05, 3.63) is 0 Å². The normalized spacial score (nSPS) is 13.2. The molecule has 0 amide bonds. The maximum absolute atomic E-state index is 12.6. The van der Waals surface area contributed by atoms with Gasteiger partial charge in [0.15, 0.2) is 6.10 Å². The zero-order chi connectivity index (χ0) is 40.3. The molecule has 1 N–H and O–H groups in total. The van der Waals surface area contributed by atoms with Crippen LogP contribution in [0.3, 0.4) is 0 Å². The molecule has 8 nitrogen and oxygen atoms in total. The van der Waals surface area contributed by atoms with Crippen LogP contribution >= 0.6 is 7.82 Å². The van der Waals surface area contributed by atoms with Crippen LogP contribution in [-0.2, 0) is 32.7 Å². The van der Waals surface area contributed by atoms with E-state index < -0.39 is 19.9 Å². The number of hydrogen-bond donors (Lipinski definition) is 1. The number of carbonyl (C=O) groups is 2. The number of esters is 2. The average Bonchev–Trinajstić information content (AvgIpc) is 3.16. The predicted molar refractivity (Wildman–Crippen MR) is 230 cm³/mol. The number of carbonyl (C=O) groups excluding carboxylic acids is 2. The van der Waals surface area contributed by atoms with Crippen molar-refractivity contribution < 1.29 is 37.6 Å². The Hall–Kier alpha value is -0.950. The van der Waals surface area contributed by atoms with Crippen LogP contribution in [0.5, 0.6) is 0 Å². The number of unbranched alkanes of at least 4 members (excludes halogenated alkanes) is 33. The van der Waals surface area contributed by atoms with E-state index in [0.717, 1.165) is 38.5 Å². The van der Waals surface area contributed by atoms with Gasteiger partial charge in [-0.05, 0) is 19.8 Å². The fraction of sp³-hybridized carbons (Fsp3) is 0.957. The smallest absolute Gasteiger partial charge is 0.462 e. The molecule has 0 aromatic carbocycles. The average molecular weight is 803 g/mol. The van der Waals surface area contributed by atoms with E-state index in [2.05, 4.69) is 13.8 Å². The Kier molecular flexibility index (Phi) is 41.9. The highest BCUT2D eigenvalue weighted by Crippen LogP contribution is 2.43. The number of rotatable bonds is 45. The van der Waals surface area contributed by atoms with Gasteiger partial charge in [0.2, 0.25) is 0 Å². The van der Waals surface area contributed by atoms with E-state index in [0.29, 0.717) is 6.42 Å². The van der Waals surface area contributed by atoms with E-state index in [1.54, 1.807) is 6.92 Å². The lowest BCUT2D eigenvalue weighted by atomic mass is 10.0. The predicted octanol–water partition coefficient (Wildman–Crippen LogP) is 15.1. The van der Waals surface area contributed by atoms with E-state index in [1.807, 2.05) is 0 Å². The zero-order valence-electron chi connectivity index (χ0n) is 36.6. The Morgan fingerprint density at radius 2 is 0.709 bits per heavy atom. The van der Waals surface area contributed by atoms with E-state index in [4.69, 9.17) is 18.5 Å². The topological polar surface area (TPSA) is 108 Å². The molecule has 0 fully saturated rings. The first-order valence-corrected chi connectivity index (χ1v) is 25.3. The van der Waals surface area contributed by atoms with Gasteiger partial charge in [0, 0.05) is 12.8 Å².